The Hall–Kier alpha value is -0.260. The van der Waals surface area contributed by atoms with Crippen molar-refractivity contribution in [3.63, 3.8) is 0 Å². The third-order valence-electron chi connectivity index (χ3n) is 6.10. The zero-order valence-corrected chi connectivity index (χ0v) is 13.2. The lowest BCUT2D eigenvalue weighted by Gasteiger charge is -2.38. The van der Waals surface area contributed by atoms with E-state index in [4.69, 9.17) is 0 Å². The average Bonchev–Trinajstić information content (AvgIpc) is 2.46. The largest absolute Gasteiger partial charge is 0.103 e. The monoisotopic (exact) mass is 262 g/mol. The minimum Gasteiger partial charge on any atom is -0.103 e. The van der Waals surface area contributed by atoms with Crippen LogP contribution in [0.2, 0.25) is 0 Å². The molecule has 2 fully saturated rings. The standard InChI is InChI=1S/C19H34/c1-4-5-6-16-7-9-18(10-8-16)19-13-11-17(12-14-19)15(2)3/h4,15-19H,1,5-14H2,2-3H3/t16-,17-,18-,19-. The maximum atomic E-state index is 3.85. The summed E-state index contributed by atoms with van der Waals surface area (Å²) in [6.45, 7) is 8.68. The van der Waals surface area contributed by atoms with Gasteiger partial charge in [0.1, 0.15) is 0 Å². The Morgan fingerprint density at radius 1 is 0.895 bits per heavy atom. The second-order valence-corrected chi connectivity index (χ2v) is 7.57. The fraction of sp³-hybridized carbons (Fsp3) is 0.895. The molecule has 0 aliphatic heterocycles. The summed E-state index contributed by atoms with van der Waals surface area (Å²) in [7, 11) is 0. The molecule has 0 nitrogen and oxygen atoms in total. The van der Waals surface area contributed by atoms with Gasteiger partial charge in [0.05, 0.1) is 0 Å². The van der Waals surface area contributed by atoms with Crippen LogP contribution in [-0.2, 0) is 0 Å². The van der Waals surface area contributed by atoms with E-state index in [1.165, 1.54) is 64.2 Å². The maximum absolute atomic E-state index is 3.85. The highest BCUT2D eigenvalue weighted by Gasteiger charge is 2.31. The summed E-state index contributed by atoms with van der Waals surface area (Å²) in [5, 5.41) is 0. The second-order valence-electron chi connectivity index (χ2n) is 7.57. The van der Waals surface area contributed by atoms with E-state index in [9.17, 15) is 0 Å². The van der Waals surface area contributed by atoms with Crippen LogP contribution in [0.4, 0.5) is 0 Å². The van der Waals surface area contributed by atoms with Crippen molar-refractivity contribution >= 4 is 0 Å². The Balaban J connectivity index is 1.69. The van der Waals surface area contributed by atoms with E-state index < -0.39 is 0 Å². The highest BCUT2D eigenvalue weighted by atomic mass is 14.4. The molecule has 0 bridgehead atoms. The van der Waals surface area contributed by atoms with Crippen molar-refractivity contribution in [2.75, 3.05) is 0 Å². The minimum atomic E-state index is 0.913. The Labute approximate surface area is 121 Å². The summed E-state index contributed by atoms with van der Waals surface area (Å²) < 4.78 is 0. The van der Waals surface area contributed by atoms with Crippen LogP contribution in [0, 0.1) is 29.6 Å². The van der Waals surface area contributed by atoms with Gasteiger partial charge in [-0.25, -0.2) is 0 Å². The molecule has 0 aromatic carbocycles. The number of hydrogen-bond donors (Lipinski definition) is 0. The Morgan fingerprint density at radius 2 is 1.42 bits per heavy atom. The Morgan fingerprint density at radius 3 is 1.89 bits per heavy atom. The molecule has 0 aromatic heterocycles. The molecule has 0 heterocycles. The van der Waals surface area contributed by atoms with E-state index in [0.717, 1.165) is 29.6 Å². The van der Waals surface area contributed by atoms with Gasteiger partial charge in [0.2, 0.25) is 0 Å². The molecule has 0 unspecified atom stereocenters. The fourth-order valence-electron chi connectivity index (χ4n) is 4.58. The number of rotatable bonds is 5. The van der Waals surface area contributed by atoms with Gasteiger partial charge in [0.25, 0.3) is 0 Å². The van der Waals surface area contributed by atoms with E-state index in [1.807, 2.05) is 0 Å². The highest BCUT2D eigenvalue weighted by molar-refractivity contribution is 4.83. The molecule has 2 aliphatic carbocycles. The van der Waals surface area contributed by atoms with Crippen LogP contribution in [0.15, 0.2) is 12.7 Å². The van der Waals surface area contributed by atoms with Crippen LogP contribution in [0.25, 0.3) is 0 Å². The summed E-state index contributed by atoms with van der Waals surface area (Å²) in [6, 6.07) is 0. The quantitative estimate of drug-likeness (QED) is 0.516. The summed E-state index contributed by atoms with van der Waals surface area (Å²) in [5.74, 6) is 5.11. The zero-order chi connectivity index (χ0) is 13.7. The van der Waals surface area contributed by atoms with Crippen LogP contribution in [0.1, 0.15) is 78.1 Å². The van der Waals surface area contributed by atoms with Gasteiger partial charge >= 0.3 is 0 Å². The molecule has 0 N–H and O–H groups in total. The molecule has 0 atom stereocenters. The van der Waals surface area contributed by atoms with Gasteiger partial charge in [0.15, 0.2) is 0 Å². The molecule has 0 heteroatoms. The van der Waals surface area contributed by atoms with Crippen LogP contribution in [0.5, 0.6) is 0 Å². The zero-order valence-electron chi connectivity index (χ0n) is 13.2. The summed E-state index contributed by atoms with van der Waals surface area (Å²) in [5.41, 5.74) is 0. The smallest absolute Gasteiger partial charge is 0.0351 e. The molecule has 0 amide bonds. The van der Waals surface area contributed by atoms with E-state index >= 15 is 0 Å². The molecule has 0 saturated heterocycles. The van der Waals surface area contributed by atoms with E-state index in [-0.39, 0.29) is 0 Å². The van der Waals surface area contributed by atoms with Crippen LogP contribution in [-0.4, -0.2) is 0 Å². The second kappa shape index (κ2) is 7.50. The fourth-order valence-corrected chi connectivity index (χ4v) is 4.58. The molecule has 2 saturated carbocycles. The number of hydrogen-bond acceptors (Lipinski definition) is 0. The SMILES string of the molecule is C=CCC[C@H]1CC[C@H]([C@H]2CC[C@H](C(C)C)CC2)CC1. The van der Waals surface area contributed by atoms with Gasteiger partial charge in [-0.05, 0) is 81.0 Å². The van der Waals surface area contributed by atoms with Gasteiger partial charge < -0.3 is 0 Å². The summed E-state index contributed by atoms with van der Waals surface area (Å²) >= 11 is 0. The molecular formula is C19H34. The Bertz CT molecular complexity index is 249. The topological polar surface area (TPSA) is 0 Å². The predicted molar refractivity (Wildman–Crippen MR) is 85.2 cm³/mol. The summed E-state index contributed by atoms with van der Waals surface area (Å²) in [4.78, 5) is 0. The first kappa shape index (κ1) is 15.1. The molecule has 0 spiro atoms. The highest BCUT2D eigenvalue weighted by Crippen LogP contribution is 2.43. The van der Waals surface area contributed by atoms with Gasteiger partial charge in [0, 0.05) is 0 Å². The van der Waals surface area contributed by atoms with Crippen molar-refractivity contribution in [1.82, 2.24) is 0 Å². The molecule has 0 aromatic rings. The molecule has 19 heavy (non-hydrogen) atoms. The molecule has 110 valence electrons. The predicted octanol–water partition coefficient (Wildman–Crippen LogP) is 6.22. The van der Waals surface area contributed by atoms with Crippen molar-refractivity contribution < 1.29 is 0 Å². The third kappa shape index (κ3) is 4.36. The first-order valence-electron chi connectivity index (χ1n) is 8.81. The lowest BCUT2D eigenvalue weighted by atomic mass is 9.67. The van der Waals surface area contributed by atoms with Crippen molar-refractivity contribution in [2.24, 2.45) is 29.6 Å². The van der Waals surface area contributed by atoms with Crippen molar-refractivity contribution in [2.45, 2.75) is 78.1 Å². The van der Waals surface area contributed by atoms with Gasteiger partial charge in [-0.1, -0.05) is 32.8 Å². The number of allylic oxidation sites excluding steroid dienone is 1. The summed E-state index contributed by atoms with van der Waals surface area (Å²) in [6.07, 6.45) is 16.9. The normalized spacial score (nSPS) is 36.4. The van der Waals surface area contributed by atoms with Crippen molar-refractivity contribution in [1.29, 1.82) is 0 Å². The van der Waals surface area contributed by atoms with Crippen LogP contribution >= 0.6 is 0 Å². The van der Waals surface area contributed by atoms with Crippen LogP contribution in [0.3, 0.4) is 0 Å². The molecular weight excluding hydrogens is 228 g/mol. The third-order valence-corrected chi connectivity index (χ3v) is 6.10. The molecule has 2 aliphatic rings. The van der Waals surface area contributed by atoms with Crippen molar-refractivity contribution in [3.8, 4) is 0 Å². The average molecular weight is 262 g/mol. The Kier molecular flexibility index (Phi) is 5.98. The first-order valence-corrected chi connectivity index (χ1v) is 8.81. The molecule has 0 radical (unpaired) electrons. The van der Waals surface area contributed by atoms with Gasteiger partial charge in [-0.15, -0.1) is 6.58 Å². The maximum Gasteiger partial charge on any atom is -0.0351 e. The molecule has 2 rings (SSSR count). The first-order chi connectivity index (χ1) is 9.20. The van der Waals surface area contributed by atoms with Gasteiger partial charge in [-0.2, -0.15) is 0 Å². The van der Waals surface area contributed by atoms with E-state index in [0.29, 0.717) is 0 Å². The lowest BCUT2D eigenvalue weighted by Crippen LogP contribution is -2.27. The van der Waals surface area contributed by atoms with E-state index in [2.05, 4.69) is 26.5 Å². The van der Waals surface area contributed by atoms with Crippen molar-refractivity contribution in [3.05, 3.63) is 12.7 Å². The lowest BCUT2D eigenvalue weighted by molar-refractivity contribution is 0.130. The van der Waals surface area contributed by atoms with E-state index in [1.54, 1.807) is 0 Å². The minimum absolute atomic E-state index is 0.913. The van der Waals surface area contributed by atoms with Crippen LogP contribution < -0.4 is 0 Å². The van der Waals surface area contributed by atoms with Gasteiger partial charge in [-0.3, -0.25) is 0 Å².